The molecular weight excluding hydrogens is 273 g/mol. The number of rotatable bonds is 1. The Balaban J connectivity index is -0.0000000800. The molecule has 0 fully saturated rings. The zero-order chi connectivity index (χ0) is 4.28. The quantitative estimate of drug-likeness (QED) is 0.569. The third-order valence-electron chi connectivity index (χ3n) is 0.135. The molecule has 0 aliphatic rings. The van der Waals surface area contributed by atoms with Crippen LogP contribution in [0.2, 0.25) is 0 Å². The van der Waals surface area contributed by atoms with Crippen LogP contribution in [0.4, 0.5) is 0 Å². The van der Waals surface area contributed by atoms with Crippen LogP contribution in [-0.4, -0.2) is 52.3 Å². The molecule has 0 rings (SSSR count). The van der Waals surface area contributed by atoms with Crippen molar-refractivity contribution in [1.29, 1.82) is 0 Å². The topological polar surface area (TPSA) is 57.5 Å². The van der Waals surface area contributed by atoms with Gasteiger partial charge in [0, 0.05) is 25.8 Å². The van der Waals surface area contributed by atoms with Crippen LogP contribution in [0.1, 0.15) is 0 Å². The SMILES string of the molecule is O=C(O)CO.[Hf].[NaH]. The first-order valence-corrected chi connectivity index (χ1v) is 1.10. The van der Waals surface area contributed by atoms with E-state index in [1.54, 1.807) is 0 Å². The summed E-state index contributed by atoms with van der Waals surface area (Å²) < 4.78 is 0. The standard InChI is InChI=1S/C2H4O3.Hf.Na.H/c3-1-2(4)5;;;/h3H,1H2,(H,4,5);;;. The van der Waals surface area contributed by atoms with Gasteiger partial charge in [0.15, 0.2) is 0 Å². The zero-order valence-electron chi connectivity index (χ0n) is 3.01. The van der Waals surface area contributed by atoms with E-state index in [9.17, 15) is 0 Å². The van der Waals surface area contributed by atoms with Crippen LogP contribution in [-0.2, 0) is 30.6 Å². The molecule has 0 spiro atoms. The van der Waals surface area contributed by atoms with Gasteiger partial charge in [-0.15, -0.1) is 0 Å². The van der Waals surface area contributed by atoms with Gasteiger partial charge < -0.3 is 10.2 Å². The second-order valence-electron chi connectivity index (χ2n) is 0.552. The average molecular weight is 279 g/mol. The number of aliphatic hydroxyl groups excluding tert-OH is 1. The predicted octanol–water partition coefficient (Wildman–Crippen LogP) is -1.59. The number of hydrogen-bond acceptors (Lipinski definition) is 2. The first kappa shape index (κ1) is 15.7. The Morgan fingerprint density at radius 2 is 1.71 bits per heavy atom. The molecule has 0 bridgehead atoms. The number of hydrogen-bond donors (Lipinski definition) is 2. The molecule has 0 aromatic heterocycles. The van der Waals surface area contributed by atoms with E-state index < -0.39 is 12.6 Å². The Bertz CT molecular complexity index is 48.2. The second-order valence-corrected chi connectivity index (χ2v) is 0.552. The van der Waals surface area contributed by atoms with Crippen LogP contribution in [0.3, 0.4) is 0 Å². The van der Waals surface area contributed by atoms with Crippen LogP contribution < -0.4 is 0 Å². The van der Waals surface area contributed by atoms with Crippen LogP contribution >= 0.6 is 0 Å². The van der Waals surface area contributed by atoms with Crippen LogP contribution in [0, 0.1) is 0 Å². The first-order chi connectivity index (χ1) is 2.27. The summed E-state index contributed by atoms with van der Waals surface area (Å²) in [7, 11) is 0. The van der Waals surface area contributed by atoms with Gasteiger partial charge in [0.1, 0.15) is 6.61 Å². The molecule has 3 nitrogen and oxygen atoms in total. The molecule has 0 aliphatic heterocycles. The van der Waals surface area contributed by atoms with Gasteiger partial charge in [-0.3, -0.25) is 0 Å². The number of carboxylic acid groups (broad SMARTS) is 1. The minimum atomic E-state index is -1.19. The van der Waals surface area contributed by atoms with Gasteiger partial charge in [-0.05, 0) is 0 Å². The number of aliphatic carboxylic acids is 1. The first-order valence-electron chi connectivity index (χ1n) is 1.10. The molecule has 0 atom stereocenters. The summed E-state index contributed by atoms with van der Waals surface area (Å²) in [5.41, 5.74) is 0. The summed E-state index contributed by atoms with van der Waals surface area (Å²) in [6.45, 7) is -0.778. The Morgan fingerprint density at radius 3 is 1.71 bits per heavy atom. The summed E-state index contributed by atoms with van der Waals surface area (Å²) in [5.74, 6) is -1.19. The van der Waals surface area contributed by atoms with Crippen molar-refractivity contribution in [3.05, 3.63) is 0 Å². The molecular formula is C2H5HfNaO3. The number of carbonyl (C=O) groups is 1. The Kier molecular flexibility index (Phi) is 23.2. The number of carboxylic acids is 1. The molecule has 0 unspecified atom stereocenters. The van der Waals surface area contributed by atoms with E-state index in [1.165, 1.54) is 0 Å². The van der Waals surface area contributed by atoms with E-state index in [2.05, 4.69) is 0 Å². The maximum absolute atomic E-state index is 9.12. The monoisotopic (exact) mass is 280 g/mol. The fraction of sp³-hybridized carbons (Fsp3) is 0.500. The van der Waals surface area contributed by atoms with Crippen molar-refractivity contribution in [2.24, 2.45) is 0 Å². The molecule has 5 heteroatoms. The molecule has 0 heterocycles. The summed E-state index contributed by atoms with van der Waals surface area (Å²) in [5, 5.41) is 15.0. The van der Waals surface area contributed by atoms with Crippen LogP contribution in [0.15, 0.2) is 0 Å². The second kappa shape index (κ2) is 10.3. The minimum absolute atomic E-state index is 0. The van der Waals surface area contributed by atoms with Crippen molar-refractivity contribution < 1.29 is 40.9 Å². The Labute approximate surface area is 82.2 Å². The van der Waals surface area contributed by atoms with Gasteiger partial charge in [0.25, 0.3) is 0 Å². The van der Waals surface area contributed by atoms with Crippen molar-refractivity contribution in [2.45, 2.75) is 0 Å². The van der Waals surface area contributed by atoms with Gasteiger partial charge in [-0.25, -0.2) is 4.79 Å². The maximum atomic E-state index is 9.12. The van der Waals surface area contributed by atoms with Crippen molar-refractivity contribution >= 4 is 35.5 Å². The Hall–Kier alpha value is 1.30. The van der Waals surface area contributed by atoms with Crippen LogP contribution in [0.5, 0.6) is 0 Å². The molecule has 2 N–H and O–H groups in total. The molecule has 0 aromatic carbocycles. The van der Waals surface area contributed by atoms with Crippen molar-refractivity contribution in [3.8, 4) is 0 Å². The number of aliphatic hydroxyl groups is 1. The normalized spacial score (nSPS) is 5.29. The fourth-order valence-electron chi connectivity index (χ4n) is 0. The van der Waals surface area contributed by atoms with E-state index in [0.717, 1.165) is 0 Å². The van der Waals surface area contributed by atoms with E-state index >= 15 is 0 Å². The van der Waals surface area contributed by atoms with Crippen molar-refractivity contribution in [1.82, 2.24) is 0 Å². The molecule has 0 aliphatic carbocycles. The summed E-state index contributed by atoms with van der Waals surface area (Å²) >= 11 is 0. The van der Waals surface area contributed by atoms with E-state index in [4.69, 9.17) is 15.0 Å². The Morgan fingerprint density at radius 1 is 1.57 bits per heavy atom. The molecule has 0 saturated carbocycles. The van der Waals surface area contributed by atoms with Crippen molar-refractivity contribution in [2.75, 3.05) is 6.61 Å². The van der Waals surface area contributed by atoms with Gasteiger partial charge in [0.05, 0.1) is 0 Å². The molecule has 0 amide bonds. The molecule has 7 heavy (non-hydrogen) atoms. The third kappa shape index (κ3) is 18.8. The van der Waals surface area contributed by atoms with Crippen molar-refractivity contribution in [3.63, 3.8) is 0 Å². The molecule has 0 saturated heterocycles. The van der Waals surface area contributed by atoms with Gasteiger partial charge >= 0.3 is 35.5 Å². The van der Waals surface area contributed by atoms with Gasteiger partial charge in [-0.2, -0.15) is 0 Å². The summed E-state index contributed by atoms with van der Waals surface area (Å²) in [6.07, 6.45) is 0. The van der Waals surface area contributed by atoms with Crippen LogP contribution in [0.25, 0.3) is 0 Å². The fourth-order valence-corrected chi connectivity index (χ4v) is 0. The van der Waals surface area contributed by atoms with E-state index in [1.807, 2.05) is 0 Å². The third-order valence-corrected chi connectivity index (χ3v) is 0.135. The van der Waals surface area contributed by atoms with Gasteiger partial charge in [0.2, 0.25) is 0 Å². The predicted molar refractivity (Wildman–Crippen MR) is 21.9 cm³/mol. The summed E-state index contributed by atoms with van der Waals surface area (Å²) in [4.78, 5) is 9.12. The molecule has 0 radical (unpaired) electrons. The average Bonchev–Trinajstić information content (AvgIpc) is 1.38. The molecule has 0 aromatic rings. The summed E-state index contributed by atoms with van der Waals surface area (Å²) in [6, 6.07) is 0. The van der Waals surface area contributed by atoms with E-state index in [0.29, 0.717) is 0 Å². The molecule has 36 valence electrons. The zero-order valence-corrected chi connectivity index (χ0v) is 6.60. The van der Waals surface area contributed by atoms with Gasteiger partial charge in [-0.1, -0.05) is 0 Å². The van der Waals surface area contributed by atoms with E-state index in [-0.39, 0.29) is 55.4 Å².